The molecule has 0 saturated carbocycles. The molecular formula is C19H26NO4P. The van der Waals surface area contributed by atoms with Gasteiger partial charge in [0.05, 0.1) is 25.6 Å². The lowest BCUT2D eigenvalue weighted by Gasteiger charge is -2.24. The average Bonchev–Trinajstić information content (AvgIpc) is 2.61. The lowest BCUT2D eigenvalue weighted by atomic mass is 10.0. The largest absolute Gasteiger partial charge is 0.496 e. The Balaban J connectivity index is 2.77. The van der Waals surface area contributed by atoms with Gasteiger partial charge in [0, 0.05) is 30.9 Å². The Morgan fingerprint density at radius 3 is 2.16 bits per heavy atom. The molecule has 0 radical (unpaired) electrons. The second kappa shape index (κ2) is 8.52. The molecule has 0 heterocycles. The van der Waals surface area contributed by atoms with Crippen molar-refractivity contribution < 1.29 is 18.3 Å². The first-order valence-electron chi connectivity index (χ1n) is 8.31. The highest BCUT2D eigenvalue weighted by atomic mass is 31.2. The van der Waals surface area contributed by atoms with Crippen molar-refractivity contribution in [1.82, 2.24) is 0 Å². The fourth-order valence-corrected chi connectivity index (χ4v) is 4.56. The first-order valence-corrected chi connectivity index (χ1v) is 9.86. The van der Waals surface area contributed by atoms with Gasteiger partial charge < -0.3 is 18.7 Å². The standard InChI is InChI=1S/C19H26NO4P/c1-6-23-25(21,24-7-2)18-14-9-8-11-15(18)19-16(20(3)4)12-10-13-17(19)22-5/h8-14H,6-7H2,1-5H3. The van der Waals surface area contributed by atoms with Gasteiger partial charge in [-0.1, -0.05) is 24.3 Å². The summed E-state index contributed by atoms with van der Waals surface area (Å²) < 4.78 is 30.1. The molecule has 0 saturated heterocycles. The second-order valence-electron chi connectivity index (χ2n) is 5.60. The van der Waals surface area contributed by atoms with E-state index in [4.69, 9.17) is 13.8 Å². The highest BCUT2D eigenvalue weighted by molar-refractivity contribution is 7.62. The molecule has 136 valence electrons. The Morgan fingerprint density at radius 2 is 1.60 bits per heavy atom. The first kappa shape index (κ1) is 19.5. The Morgan fingerprint density at radius 1 is 0.960 bits per heavy atom. The Labute approximate surface area is 150 Å². The van der Waals surface area contributed by atoms with Gasteiger partial charge in [0.1, 0.15) is 5.75 Å². The molecule has 5 nitrogen and oxygen atoms in total. The molecule has 2 rings (SSSR count). The predicted octanol–water partition coefficient (Wildman–Crippen LogP) is 4.32. The van der Waals surface area contributed by atoms with Crippen LogP contribution in [0.2, 0.25) is 0 Å². The van der Waals surface area contributed by atoms with Crippen LogP contribution in [0, 0.1) is 0 Å². The van der Waals surface area contributed by atoms with E-state index >= 15 is 0 Å². The van der Waals surface area contributed by atoms with Crippen molar-refractivity contribution in [3.8, 4) is 16.9 Å². The van der Waals surface area contributed by atoms with Crippen LogP contribution in [0.1, 0.15) is 13.8 Å². The zero-order valence-corrected chi connectivity index (χ0v) is 16.4. The minimum absolute atomic E-state index is 0.304. The molecule has 0 aliphatic rings. The summed E-state index contributed by atoms with van der Waals surface area (Å²) in [6.45, 7) is 4.22. The SMILES string of the molecule is CCOP(=O)(OCC)c1ccccc1-c1c(OC)cccc1N(C)C. The van der Waals surface area contributed by atoms with E-state index in [2.05, 4.69) is 0 Å². The zero-order chi connectivity index (χ0) is 18.4. The first-order chi connectivity index (χ1) is 12.0. The lowest BCUT2D eigenvalue weighted by molar-refractivity contribution is 0.230. The van der Waals surface area contributed by atoms with Crippen LogP contribution in [0.4, 0.5) is 5.69 Å². The van der Waals surface area contributed by atoms with E-state index in [1.54, 1.807) is 13.2 Å². The van der Waals surface area contributed by atoms with Crippen LogP contribution in [0.25, 0.3) is 11.1 Å². The third kappa shape index (κ3) is 4.06. The van der Waals surface area contributed by atoms with E-state index in [9.17, 15) is 4.57 Å². The van der Waals surface area contributed by atoms with E-state index in [0.29, 0.717) is 24.3 Å². The molecule has 0 fully saturated rings. The topological polar surface area (TPSA) is 48.0 Å². The minimum Gasteiger partial charge on any atom is -0.496 e. The van der Waals surface area contributed by atoms with Crippen molar-refractivity contribution in [3.63, 3.8) is 0 Å². The molecule has 0 aromatic heterocycles. The van der Waals surface area contributed by atoms with E-state index in [-0.39, 0.29) is 0 Å². The number of rotatable bonds is 8. The summed E-state index contributed by atoms with van der Waals surface area (Å²) in [7, 11) is 2.13. The molecule has 6 heteroatoms. The Kier molecular flexibility index (Phi) is 6.65. The number of hydrogen-bond acceptors (Lipinski definition) is 5. The molecule has 25 heavy (non-hydrogen) atoms. The van der Waals surface area contributed by atoms with Crippen LogP contribution in [0.5, 0.6) is 5.75 Å². The quantitative estimate of drug-likeness (QED) is 0.654. The van der Waals surface area contributed by atoms with Crippen LogP contribution in [0.3, 0.4) is 0 Å². The normalized spacial score (nSPS) is 11.4. The maximum Gasteiger partial charge on any atom is 0.361 e. The predicted molar refractivity (Wildman–Crippen MR) is 103 cm³/mol. The second-order valence-corrected chi connectivity index (χ2v) is 7.59. The van der Waals surface area contributed by atoms with E-state index in [1.807, 2.05) is 69.2 Å². The highest BCUT2D eigenvalue weighted by Gasteiger charge is 2.31. The maximum atomic E-state index is 13.4. The van der Waals surface area contributed by atoms with E-state index in [0.717, 1.165) is 16.8 Å². The summed E-state index contributed by atoms with van der Waals surface area (Å²) in [5.74, 6) is 0.707. The number of hydrogen-bond donors (Lipinski definition) is 0. The monoisotopic (exact) mass is 363 g/mol. The number of benzene rings is 2. The van der Waals surface area contributed by atoms with Gasteiger partial charge in [-0.25, -0.2) is 0 Å². The van der Waals surface area contributed by atoms with Gasteiger partial charge >= 0.3 is 7.60 Å². The van der Waals surface area contributed by atoms with Gasteiger partial charge in [-0.3, -0.25) is 4.57 Å². The van der Waals surface area contributed by atoms with Gasteiger partial charge in [-0.05, 0) is 32.0 Å². The van der Waals surface area contributed by atoms with E-state index < -0.39 is 7.60 Å². The zero-order valence-electron chi connectivity index (χ0n) is 15.5. The summed E-state index contributed by atoms with van der Waals surface area (Å²) in [4.78, 5) is 2.00. The van der Waals surface area contributed by atoms with Crippen LogP contribution in [0.15, 0.2) is 42.5 Å². The third-order valence-electron chi connectivity index (χ3n) is 3.77. The third-order valence-corrected chi connectivity index (χ3v) is 5.95. The van der Waals surface area contributed by atoms with Gasteiger partial charge in [0.15, 0.2) is 0 Å². The van der Waals surface area contributed by atoms with Crippen molar-refractivity contribution in [2.24, 2.45) is 0 Å². The average molecular weight is 363 g/mol. The van der Waals surface area contributed by atoms with Gasteiger partial charge in [-0.15, -0.1) is 0 Å². The molecule has 0 aliphatic carbocycles. The van der Waals surface area contributed by atoms with Gasteiger partial charge in [-0.2, -0.15) is 0 Å². The molecule has 2 aromatic rings. The molecule has 0 unspecified atom stereocenters. The summed E-state index contributed by atoms with van der Waals surface area (Å²) in [5.41, 5.74) is 2.62. The van der Waals surface area contributed by atoms with Crippen LogP contribution >= 0.6 is 7.60 Å². The molecule has 0 aliphatic heterocycles. The van der Waals surface area contributed by atoms with Crippen molar-refractivity contribution in [2.75, 3.05) is 39.3 Å². The van der Waals surface area contributed by atoms with Crippen molar-refractivity contribution in [1.29, 1.82) is 0 Å². The molecular weight excluding hydrogens is 337 g/mol. The molecule has 0 spiro atoms. The number of nitrogens with zero attached hydrogens (tertiary/aromatic N) is 1. The molecule has 0 amide bonds. The summed E-state index contributed by atoms with van der Waals surface area (Å²) in [6, 6.07) is 13.3. The highest BCUT2D eigenvalue weighted by Crippen LogP contribution is 2.51. The van der Waals surface area contributed by atoms with Crippen molar-refractivity contribution >= 4 is 18.6 Å². The van der Waals surface area contributed by atoms with Crippen molar-refractivity contribution in [3.05, 3.63) is 42.5 Å². The summed E-state index contributed by atoms with van der Waals surface area (Å²) in [5, 5.41) is 0.547. The van der Waals surface area contributed by atoms with Crippen LogP contribution in [-0.2, 0) is 13.6 Å². The summed E-state index contributed by atoms with van der Waals surface area (Å²) >= 11 is 0. The number of methoxy groups -OCH3 is 1. The minimum atomic E-state index is -3.43. The van der Waals surface area contributed by atoms with Crippen molar-refractivity contribution in [2.45, 2.75) is 13.8 Å². The number of ether oxygens (including phenoxy) is 1. The molecule has 0 N–H and O–H groups in total. The molecule has 0 bridgehead atoms. The van der Waals surface area contributed by atoms with Crippen LogP contribution < -0.4 is 14.9 Å². The fraction of sp³-hybridized carbons (Fsp3) is 0.368. The van der Waals surface area contributed by atoms with Gasteiger partial charge in [0.2, 0.25) is 0 Å². The Hall–Kier alpha value is -1.81. The summed E-state index contributed by atoms with van der Waals surface area (Å²) in [6.07, 6.45) is 0. The molecule has 2 aromatic carbocycles. The number of anilines is 1. The Bertz CT molecular complexity index is 751. The fourth-order valence-electron chi connectivity index (χ4n) is 2.77. The molecule has 0 atom stereocenters. The lowest BCUT2D eigenvalue weighted by Crippen LogP contribution is -2.16. The van der Waals surface area contributed by atoms with Gasteiger partial charge in [0.25, 0.3) is 0 Å². The van der Waals surface area contributed by atoms with Crippen LogP contribution in [-0.4, -0.2) is 34.4 Å². The smallest absolute Gasteiger partial charge is 0.361 e. The van der Waals surface area contributed by atoms with E-state index in [1.165, 1.54) is 0 Å². The maximum absolute atomic E-state index is 13.4.